The molecule has 0 radical (unpaired) electrons. The Kier molecular flexibility index (Phi) is 5.85. The molecule has 0 spiro atoms. The van der Waals surface area contributed by atoms with Crippen LogP contribution in [0.25, 0.3) is 6.08 Å². The highest BCUT2D eigenvalue weighted by Crippen LogP contribution is 2.21. The Hall–Kier alpha value is -1.29. The predicted octanol–water partition coefficient (Wildman–Crippen LogP) is 5.51. The fourth-order valence-electron chi connectivity index (χ4n) is 1.61. The summed E-state index contributed by atoms with van der Waals surface area (Å²) >= 11 is 15.2. The molecule has 0 fully saturated rings. The summed E-state index contributed by atoms with van der Waals surface area (Å²) in [7, 11) is 0. The van der Waals surface area contributed by atoms with Gasteiger partial charge in [-0.1, -0.05) is 57.3 Å². The van der Waals surface area contributed by atoms with E-state index in [9.17, 15) is 4.79 Å². The van der Waals surface area contributed by atoms with Crippen molar-refractivity contribution in [2.75, 3.05) is 0 Å². The second-order valence-corrected chi connectivity index (χ2v) is 5.99. The minimum Gasteiger partial charge on any atom is -0.458 e. The lowest BCUT2D eigenvalue weighted by Crippen LogP contribution is -2.01. The molecule has 0 saturated carbocycles. The summed E-state index contributed by atoms with van der Waals surface area (Å²) in [5.74, 6) is -0.430. The van der Waals surface area contributed by atoms with Gasteiger partial charge in [0.15, 0.2) is 0 Å². The number of rotatable bonds is 4. The van der Waals surface area contributed by atoms with Crippen molar-refractivity contribution in [3.63, 3.8) is 0 Å². The zero-order valence-electron chi connectivity index (χ0n) is 10.9. The van der Waals surface area contributed by atoms with Gasteiger partial charge in [-0.15, -0.1) is 0 Å². The molecule has 5 heteroatoms. The van der Waals surface area contributed by atoms with E-state index in [1.165, 1.54) is 6.08 Å². The van der Waals surface area contributed by atoms with Crippen LogP contribution in [-0.2, 0) is 16.1 Å². The van der Waals surface area contributed by atoms with Crippen LogP contribution >= 0.6 is 39.1 Å². The van der Waals surface area contributed by atoms with Crippen molar-refractivity contribution in [2.45, 2.75) is 6.61 Å². The van der Waals surface area contributed by atoms with Crippen LogP contribution in [0.2, 0.25) is 10.0 Å². The minimum absolute atomic E-state index is 0.109. The van der Waals surface area contributed by atoms with E-state index in [1.807, 2.05) is 24.3 Å². The Labute approximate surface area is 141 Å². The lowest BCUT2D eigenvalue weighted by atomic mass is 10.2. The van der Waals surface area contributed by atoms with E-state index < -0.39 is 5.97 Å². The first-order valence-electron chi connectivity index (χ1n) is 6.09. The van der Waals surface area contributed by atoms with Crippen LogP contribution in [0.15, 0.2) is 53.0 Å². The van der Waals surface area contributed by atoms with Crippen molar-refractivity contribution in [1.29, 1.82) is 0 Å². The molecule has 0 aromatic heterocycles. The third-order valence-corrected chi connectivity index (χ3v) is 3.73. The minimum atomic E-state index is -0.430. The van der Waals surface area contributed by atoms with Gasteiger partial charge in [0.2, 0.25) is 0 Å². The number of esters is 1. The lowest BCUT2D eigenvalue weighted by Gasteiger charge is -2.05. The average Bonchev–Trinajstić information content (AvgIpc) is 2.44. The van der Waals surface area contributed by atoms with Crippen molar-refractivity contribution < 1.29 is 9.53 Å². The van der Waals surface area contributed by atoms with Gasteiger partial charge in [0.25, 0.3) is 0 Å². The maximum absolute atomic E-state index is 11.7. The Morgan fingerprint density at radius 1 is 1.19 bits per heavy atom. The molecule has 0 unspecified atom stereocenters. The quantitative estimate of drug-likeness (QED) is 0.512. The third kappa shape index (κ3) is 5.20. The van der Waals surface area contributed by atoms with Crippen molar-refractivity contribution in [3.8, 4) is 0 Å². The molecule has 0 aliphatic carbocycles. The first-order valence-corrected chi connectivity index (χ1v) is 7.64. The summed E-state index contributed by atoms with van der Waals surface area (Å²) < 4.78 is 6.09. The predicted molar refractivity (Wildman–Crippen MR) is 89.4 cm³/mol. The zero-order valence-corrected chi connectivity index (χ0v) is 14.0. The van der Waals surface area contributed by atoms with Gasteiger partial charge >= 0.3 is 5.97 Å². The highest BCUT2D eigenvalue weighted by Gasteiger charge is 2.04. The topological polar surface area (TPSA) is 26.3 Å². The summed E-state index contributed by atoms with van der Waals surface area (Å²) in [5, 5.41) is 1.02. The Morgan fingerprint density at radius 2 is 2.00 bits per heavy atom. The van der Waals surface area contributed by atoms with Crippen molar-refractivity contribution in [3.05, 3.63) is 74.2 Å². The summed E-state index contributed by atoms with van der Waals surface area (Å²) in [6.45, 7) is 0.109. The van der Waals surface area contributed by atoms with Crippen molar-refractivity contribution >= 4 is 51.2 Å². The molecule has 0 aliphatic heterocycles. The SMILES string of the molecule is O=C(/C=C/c1cccc(Br)c1)OCc1ccc(Cl)cc1Cl. The van der Waals surface area contributed by atoms with Crippen molar-refractivity contribution in [1.82, 2.24) is 0 Å². The molecule has 2 rings (SSSR count). The van der Waals surface area contributed by atoms with Gasteiger partial charge < -0.3 is 4.74 Å². The fourth-order valence-corrected chi connectivity index (χ4v) is 2.49. The van der Waals surface area contributed by atoms with Gasteiger partial charge in [-0.3, -0.25) is 0 Å². The molecule has 0 aliphatic rings. The van der Waals surface area contributed by atoms with E-state index in [4.69, 9.17) is 27.9 Å². The van der Waals surface area contributed by atoms with Gasteiger partial charge in [0.1, 0.15) is 6.61 Å². The number of ether oxygens (including phenoxy) is 1. The molecule has 2 aromatic carbocycles. The average molecular weight is 386 g/mol. The number of hydrogen-bond acceptors (Lipinski definition) is 2. The van der Waals surface area contributed by atoms with E-state index in [1.54, 1.807) is 24.3 Å². The first-order chi connectivity index (χ1) is 10.0. The lowest BCUT2D eigenvalue weighted by molar-refractivity contribution is -0.138. The van der Waals surface area contributed by atoms with E-state index in [-0.39, 0.29) is 6.61 Å². The third-order valence-electron chi connectivity index (χ3n) is 2.65. The highest BCUT2D eigenvalue weighted by atomic mass is 79.9. The van der Waals surface area contributed by atoms with Crippen LogP contribution in [0.4, 0.5) is 0 Å². The first kappa shape index (κ1) is 16.1. The number of benzene rings is 2. The molecular formula is C16H11BrCl2O2. The maximum Gasteiger partial charge on any atom is 0.331 e. The van der Waals surface area contributed by atoms with Crippen LogP contribution in [0, 0.1) is 0 Å². The summed E-state index contributed by atoms with van der Waals surface area (Å²) in [6.07, 6.45) is 3.07. The number of halogens is 3. The summed E-state index contributed by atoms with van der Waals surface area (Å²) in [5.41, 5.74) is 1.62. The zero-order chi connectivity index (χ0) is 15.2. The number of carbonyl (C=O) groups excluding carboxylic acids is 1. The van der Waals surface area contributed by atoms with Crippen molar-refractivity contribution in [2.24, 2.45) is 0 Å². The van der Waals surface area contributed by atoms with Crippen LogP contribution in [0.1, 0.15) is 11.1 Å². The monoisotopic (exact) mass is 384 g/mol. The Bertz CT molecular complexity index is 684. The molecule has 0 bridgehead atoms. The molecule has 0 heterocycles. The molecule has 108 valence electrons. The molecule has 2 nitrogen and oxygen atoms in total. The van der Waals surface area contributed by atoms with Gasteiger partial charge in [-0.2, -0.15) is 0 Å². The largest absolute Gasteiger partial charge is 0.458 e. The van der Waals surface area contributed by atoms with Crippen LogP contribution in [-0.4, -0.2) is 5.97 Å². The Balaban J connectivity index is 1.93. The van der Waals surface area contributed by atoms with Crippen LogP contribution in [0.3, 0.4) is 0 Å². The molecular weight excluding hydrogens is 375 g/mol. The summed E-state index contributed by atoms with van der Waals surface area (Å²) in [4.78, 5) is 11.7. The van der Waals surface area contributed by atoms with Gasteiger partial charge in [0.05, 0.1) is 0 Å². The van der Waals surface area contributed by atoms with E-state index in [0.29, 0.717) is 15.6 Å². The molecule has 21 heavy (non-hydrogen) atoms. The van der Waals surface area contributed by atoms with Crippen LogP contribution in [0.5, 0.6) is 0 Å². The molecule has 0 amide bonds. The number of carbonyl (C=O) groups is 1. The van der Waals surface area contributed by atoms with Gasteiger partial charge in [0, 0.05) is 26.2 Å². The summed E-state index contributed by atoms with van der Waals surface area (Å²) in [6, 6.07) is 12.7. The smallest absolute Gasteiger partial charge is 0.331 e. The number of hydrogen-bond donors (Lipinski definition) is 0. The molecule has 0 saturated heterocycles. The standard InChI is InChI=1S/C16H11BrCl2O2/c17-13-3-1-2-11(8-13)4-7-16(20)21-10-12-5-6-14(18)9-15(12)19/h1-9H,10H2/b7-4+. The fraction of sp³-hybridized carbons (Fsp3) is 0.0625. The van der Waals surface area contributed by atoms with E-state index in [2.05, 4.69) is 15.9 Å². The van der Waals surface area contributed by atoms with Crippen LogP contribution < -0.4 is 0 Å². The second kappa shape index (κ2) is 7.64. The second-order valence-electron chi connectivity index (χ2n) is 4.23. The Morgan fingerprint density at radius 3 is 2.71 bits per heavy atom. The maximum atomic E-state index is 11.7. The van der Waals surface area contributed by atoms with Gasteiger partial charge in [-0.25, -0.2) is 4.79 Å². The molecule has 2 aromatic rings. The van der Waals surface area contributed by atoms with E-state index >= 15 is 0 Å². The molecule has 0 N–H and O–H groups in total. The normalized spacial score (nSPS) is 10.8. The van der Waals surface area contributed by atoms with Gasteiger partial charge in [-0.05, 0) is 35.9 Å². The molecule has 0 atom stereocenters. The highest BCUT2D eigenvalue weighted by molar-refractivity contribution is 9.10. The van der Waals surface area contributed by atoms with E-state index in [0.717, 1.165) is 10.0 Å².